The molecule has 2 aromatic heterocycles. The van der Waals surface area contributed by atoms with Crippen LogP contribution in [0.1, 0.15) is 27.9 Å². The van der Waals surface area contributed by atoms with Crippen molar-refractivity contribution in [2.45, 2.75) is 13.0 Å². The minimum Gasteiger partial charge on any atom is -0.503 e. The molecule has 1 N–H and O–H groups in total. The normalized spacial score (nSPS) is 16.3. The molecule has 10 heteroatoms. The summed E-state index contributed by atoms with van der Waals surface area (Å²) in [7, 11) is 0. The molecule has 1 atom stereocenters. The van der Waals surface area contributed by atoms with Crippen LogP contribution in [0.2, 0.25) is 10.0 Å². The molecule has 0 spiro atoms. The maximum atomic E-state index is 13.7. The van der Waals surface area contributed by atoms with Gasteiger partial charge in [0.15, 0.2) is 16.7 Å². The zero-order chi connectivity index (χ0) is 23.4. The van der Waals surface area contributed by atoms with Gasteiger partial charge in [0.05, 0.1) is 31.9 Å². The molecule has 5 rings (SSSR count). The molecule has 6 nitrogen and oxygen atoms in total. The number of Topliss-reactive ketones (excluding diaryl/α,β-unsaturated/α-hetero) is 1. The number of furan rings is 1. The number of amides is 1. The molecule has 0 radical (unpaired) electrons. The summed E-state index contributed by atoms with van der Waals surface area (Å²) in [6.45, 7) is 1.67. The van der Waals surface area contributed by atoms with E-state index in [-0.39, 0.29) is 26.5 Å². The van der Waals surface area contributed by atoms with Crippen molar-refractivity contribution in [1.29, 1.82) is 0 Å². The Kier molecular flexibility index (Phi) is 5.23. The van der Waals surface area contributed by atoms with E-state index < -0.39 is 29.3 Å². The summed E-state index contributed by atoms with van der Waals surface area (Å²) in [5, 5.41) is 11.5. The Balaban J connectivity index is 1.70. The summed E-state index contributed by atoms with van der Waals surface area (Å²) in [5.41, 5.74) is 0.718. The lowest BCUT2D eigenvalue weighted by atomic mass is 9.95. The third kappa shape index (κ3) is 3.60. The largest absolute Gasteiger partial charge is 0.503 e. The molecular formula is C23H13Cl2FN2O4S. The highest BCUT2D eigenvalue weighted by Gasteiger charge is 2.46. The van der Waals surface area contributed by atoms with Crippen LogP contribution in [-0.4, -0.2) is 21.8 Å². The number of hydrogen-bond donors (Lipinski definition) is 1. The van der Waals surface area contributed by atoms with Crippen LogP contribution in [0.4, 0.5) is 9.52 Å². The van der Waals surface area contributed by atoms with Crippen molar-refractivity contribution in [3.63, 3.8) is 0 Å². The lowest BCUT2D eigenvalue weighted by molar-refractivity contribution is -0.117. The molecular weight excluding hydrogens is 490 g/mol. The number of aliphatic hydroxyl groups is 1. The second-order valence-electron chi connectivity index (χ2n) is 7.36. The Morgan fingerprint density at radius 2 is 1.94 bits per heavy atom. The van der Waals surface area contributed by atoms with Gasteiger partial charge in [0.2, 0.25) is 5.78 Å². The van der Waals surface area contributed by atoms with Crippen molar-refractivity contribution in [3.05, 3.63) is 92.8 Å². The van der Waals surface area contributed by atoms with Crippen LogP contribution in [0.15, 0.2) is 64.3 Å². The predicted octanol–water partition coefficient (Wildman–Crippen LogP) is 6.43. The van der Waals surface area contributed by atoms with Crippen molar-refractivity contribution < 1.29 is 23.5 Å². The maximum Gasteiger partial charge on any atom is 0.296 e. The number of carbonyl (C=O) groups excluding carboxylic acids is 2. The molecule has 0 saturated carbocycles. The summed E-state index contributed by atoms with van der Waals surface area (Å²) in [4.78, 5) is 32.2. The highest BCUT2D eigenvalue weighted by atomic mass is 35.5. The fourth-order valence-electron chi connectivity index (χ4n) is 3.71. The topological polar surface area (TPSA) is 83.6 Å². The van der Waals surface area contributed by atoms with Gasteiger partial charge in [-0.15, -0.1) is 0 Å². The Bertz CT molecular complexity index is 1490. The smallest absolute Gasteiger partial charge is 0.296 e. The lowest BCUT2D eigenvalue weighted by Crippen LogP contribution is -2.31. The number of halogens is 3. The molecule has 3 heterocycles. The van der Waals surface area contributed by atoms with E-state index in [1.165, 1.54) is 41.3 Å². The van der Waals surface area contributed by atoms with Crippen LogP contribution < -0.4 is 4.90 Å². The number of aryl methyl sites for hydroxylation is 1. The van der Waals surface area contributed by atoms with Crippen molar-refractivity contribution in [2.24, 2.45) is 0 Å². The van der Waals surface area contributed by atoms with E-state index in [0.29, 0.717) is 21.5 Å². The molecule has 0 bridgehead atoms. The Morgan fingerprint density at radius 3 is 2.64 bits per heavy atom. The van der Waals surface area contributed by atoms with Gasteiger partial charge in [0.1, 0.15) is 11.6 Å². The number of nitrogens with zero attached hydrogens (tertiary/aromatic N) is 2. The van der Waals surface area contributed by atoms with Crippen molar-refractivity contribution in [2.75, 3.05) is 4.90 Å². The van der Waals surface area contributed by atoms with E-state index in [1.54, 1.807) is 19.1 Å². The predicted molar refractivity (Wildman–Crippen MR) is 124 cm³/mol. The molecule has 2 aromatic carbocycles. The Morgan fingerprint density at radius 1 is 1.15 bits per heavy atom. The first-order chi connectivity index (χ1) is 15.7. The molecule has 1 unspecified atom stereocenters. The van der Waals surface area contributed by atoms with Gasteiger partial charge in [-0.25, -0.2) is 9.37 Å². The van der Waals surface area contributed by atoms with E-state index in [1.807, 2.05) is 0 Å². The fourth-order valence-corrected chi connectivity index (χ4v) is 5.03. The molecule has 1 aliphatic rings. The second-order valence-corrected chi connectivity index (χ2v) is 9.18. The van der Waals surface area contributed by atoms with Crippen LogP contribution >= 0.6 is 34.5 Å². The van der Waals surface area contributed by atoms with Gasteiger partial charge < -0.3 is 9.52 Å². The minimum absolute atomic E-state index is 0.0277. The quantitative estimate of drug-likeness (QED) is 0.325. The number of thiazole rings is 1. The summed E-state index contributed by atoms with van der Waals surface area (Å²) in [6.07, 6.45) is 0. The number of aromatic nitrogens is 1. The Hall–Kier alpha value is -3.20. The van der Waals surface area contributed by atoms with Crippen molar-refractivity contribution >= 4 is 61.6 Å². The maximum absolute atomic E-state index is 13.7. The van der Waals surface area contributed by atoms with Crippen LogP contribution in [0.25, 0.3) is 10.2 Å². The first-order valence-corrected chi connectivity index (χ1v) is 11.2. The highest BCUT2D eigenvalue weighted by Crippen LogP contribution is 2.45. The van der Waals surface area contributed by atoms with E-state index in [9.17, 15) is 19.1 Å². The number of fused-ring (bicyclic) bond motifs is 1. The van der Waals surface area contributed by atoms with E-state index in [4.69, 9.17) is 27.6 Å². The van der Waals surface area contributed by atoms with Crippen LogP contribution in [0, 0.1) is 12.7 Å². The summed E-state index contributed by atoms with van der Waals surface area (Å²) in [5.74, 6) is -2.18. The second kappa shape index (κ2) is 7.98. The van der Waals surface area contributed by atoms with Gasteiger partial charge >= 0.3 is 0 Å². The number of benzene rings is 2. The first kappa shape index (κ1) is 21.6. The molecule has 1 aliphatic heterocycles. The zero-order valence-electron chi connectivity index (χ0n) is 16.8. The minimum atomic E-state index is -1.06. The van der Waals surface area contributed by atoms with Gasteiger partial charge in [0, 0.05) is 0 Å². The van der Waals surface area contributed by atoms with E-state index in [2.05, 4.69) is 4.98 Å². The number of ketones is 1. The van der Waals surface area contributed by atoms with Gasteiger partial charge in [0.25, 0.3) is 5.91 Å². The standard InChI is InChI=1S/C23H13Cl2FN2O4S/c1-10-2-7-16(32-10)20(29)18-19(11-3-5-13(24)14(25)8-11)28(22(31)21(18)30)23-27-15-6-4-12(26)9-17(15)33-23/h2-9,19,30H,1H3. The summed E-state index contributed by atoms with van der Waals surface area (Å²) >= 11 is 13.3. The third-order valence-electron chi connectivity index (χ3n) is 5.22. The molecule has 4 aromatic rings. The zero-order valence-corrected chi connectivity index (χ0v) is 19.1. The molecule has 33 heavy (non-hydrogen) atoms. The monoisotopic (exact) mass is 502 g/mol. The lowest BCUT2D eigenvalue weighted by Gasteiger charge is -2.24. The third-order valence-corrected chi connectivity index (χ3v) is 6.98. The number of rotatable bonds is 4. The molecule has 166 valence electrons. The van der Waals surface area contributed by atoms with Gasteiger partial charge in [-0.2, -0.15) is 0 Å². The molecule has 0 fully saturated rings. The number of aliphatic hydroxyl groups excluding tert-OH is 1. The van der Waals surface area contributed by atoms with Gasteiger partial charge in [-0.1, -0.05) is 40.6 Å². The van der Waals surface area contributed by atoms with Crippen molar-refractivity contribution in [1.82, 2.24) is 4.98 Å². The molecule has 1 amide bonds. The summed E-state index contributed by atoms with van der Waals surface area (Å²) < 4.78 is 19.7. The molecule has 0 saturated heterocycles. The first-order valence-electron chi connectivity index (χ1n) is 9.63. The van der Waals surface area contributed by atoms with Crippen LogP contribution in [0.3, 0.4) is 0 Å². The molecule has 0 aliphatic carbocycles. The average molecular weight is 503 g/mol. The van der Waals surface area contributed by atoms with E-state index >= 15 is 0 Å². The number of hydrogen-bond acceptors (Lipinski definition) is 6. The highest BCUT2D eigenvalue weighted by molar-refractivity contribution is 7.22. The van der Waals surface area contributed by atoms with Crippen LogP contribution in [-0.2, 0) is 4.79 Å². The van der Waals surface area contributed by atoms with Gasteiger partial charge in [-0.3, -0.25) is 14.5 Å². The average Bonchev–Trinajstić information content (AvgIpc) is 3.46. The SMILES string of the molecule is Cc1ccc(C(=O)C2=C(O)C(=O)N(c3nc4ccc(F)cc4s3)C2c2ccc(Cl)c(Cl)c2)o1. The van der Waals surface area contributed by atoms with Gasteiger partial charge in [-0.05, 0) is 55.0 Å². The Labute approximate surface area is 200 Å². The number of carbonyl (C=O) groups is 2. The fraction of sp³-hybridized carbons (Fsp3) is 0.0870. The van der Waals surface area contributed by atoms with Crippen molar-refractivity contribution in [3.8, 4) is 0 Å². The number of anilines is 1. The van der Waals surface area contributed by atoms with E-state index in [0.717, 1.165) is 11.3 Å². The summed E-state index contributed by atoms with van der Waals surface area (Å²) in [6, 6.07) is 10.7. The van der Waals surface area contributed by atoms with Crippen LogP contribution in [0.5, 0.6) is 0 Å².